The average molecular weight is 272 g/mol. The molecule has 1 atom stereocenters. The SMILES string of the molecule is C/C=C1\COCC1C(=C(C)C)[Si](OC)(OC)OC. The molecular formula is C13H24O4Si. The summed E-state index contributed by atoms with van der Waals surface area (Å²) in [4.78, 5) is 0. The topological polar surface area (TPSA) is 36.9 Å². The second-order valence-electron chi connectivity index (χ2n) is 4.51. The minimum absolute atomic E-state index is 0.214. The molecular weight excluding hydrogens is 248 g/mol. The molecule has 0 amide bonds. The van der Waals surface area contributed by atoms with E-state index in [0.717, 1.165) is 5.20 Å². The van der Waals surface area contributed by atoms with Crippen LogP contribution in [0.5, 0.6) is 0 Å². The molecule has 0 aromatic heterocycles. The maximum absolute atomic E-state index is 5.62. The highest BCUT2D eigenvalue weighted by Crippen LogP contribution is 2.35. The van der Waals surface area contributed by atoms with E-state index in [4.69, 9.17) is 18.0 Å². The number of rotatable bonds is 5. The Hall–Kier alpha value is -0.463. The molecule has 1 heterocycles. The first-order valence-electron chi connectivity index (χ1n) is 6.12. The van der Waals surface area contributed by atoms with Crippen LogP contribution in [0.3, 0.4) is 0 Å². The normalized spacial score (nSPS) is 22.6. The molecule has 1 unspecified atom stereocenters. The molecule has 0 spiro atoms. The number of allylic oxidation sites excluding steroid dienone is 2. The van der Waals surface area contributed by atoms with E-state index in [1.807, 2.05) is 6.92 Å². The van der Waals surface area contributed by atoms with Crippen LogP contribution < -0.4 is 0 Å². The Morgan fingerprint density at radius 1 is 1.22 bits per heavy atom. The molecule has 0 aliphatic carbocycles. The molecule has 1 fully saturated rings. The lowest BCUT2D eigenvalue weighted by Gasteiger charge is -2.31. The van der Waals surface area contributed by atoms with Crippen LogP contribution in [0.15, 0.2) is 22.4 Å². The number of ether oxygens (including phenoxy) is 1. The summed E-state index contributed by atoms with van der Waals surface area (Å²) in [5.74, 6) is 0.214. The van der Waals surface area contributed by atoms with Gasteiger partial charge in [-0.15, -0.1) is 0 Å². The lowest BCUT2D eigenvalue weighted by atomic mass is 10.00. The highest BCUT2D eigenvalue weighted by Gasteiger charge is 2.48. The summed E-state index contributed by atoms with van der Waals surface area (Å²) in [5.41, 5.74) is 2.45. The fourth-order valence-electron chi connectivity index (χ4n) is 2.50. The van der Waals surface area contributed by atoms with E-state index in [9.17, 15) is 0 Å². The van der Waals surface area contributed by atoms with Crippen molar-refractivity contribution in [1.82, 2.24) is 0 Å². The van der Waals surface area contributed by atoms with E-state index in [1.165, 1.54) is 11.1 Å². The maximum atomic E-state index is 5.62. The van der Waals surface area contributed by atoms with E-state index in [2.05, 4.69) is 19.9 Å². The van der Waals surface area contributed by atoms with Crippen LogP contribution in [0.25, 0.3) is 0 Å². The Bertz CT molecular complexity index is 333. The van der Waals surface area contributed by atoms with Gasteiger partial charge in [0, 0.05) is 32.4 Å². The zero-order valence-corrected chi connectivity index (χ0v) is 13.2. The summed E-state index contributed by atoms with van der Waals surface area (Å²) in [6.07, 6.45) is 2.11. The Morgan fingerprint density at radius 3 is 2.17 bits per heavy atom. The molecule has 1 aliphatic rings. The number of hydrogen-bond donors (Lipinski definition) is 0. The van der Waals surface area contributed by atoms with Gasteiger partial charge in [0.05, 0.1) is 13.2 Å². The van der Waals surface area contributed by atoms with Gasteiger partial charge in [0.2, 0.25) is 0 Å². The van der Waals surface area contributed by atoms with Gasteiger partial charge in [-0.25, -0.2) is 0 Å². The summed E-state index contributed by atoms with van der Waals surface area (Å²) in [5, 5.41) is 1.13. The van der Waals surface area contributed by atoms with Crippen LogP contribution in [-0.2, 0) is 18.0 Å². The third kappa shape index (κ3) is 2.75. The monoisotopic (exact) mass is 272 g/mol. The predicted octanol–water partition coefficient (Wildman–Crippen LogP) is 2.33. The van der Waals surface area contributed by atoms with Crippen molar-refractivity contribution in [1.29, 1.82) is 0 Å². The van der Waals surface area contributed by atoms with Crippen LogP contribution >= 0.6 is 0 Å². The Balaban J connectivity index is 3.23. The minimum Gasteiger partial charge on any atom is -0.376 e. The molecule has 1 saturated heterocycles. The van der Waals surface area contributed by atoms with E-state index < -0.39 is 8.80 Å². The van der Waals surface area contributed by atoms with Crippen molar-refractivity contribution in [2.75, 3.05) is 34.5 Å². The fourth-order valence-corrected chi connectivity index (χ4v) is 4.97. The van der Waals surface area contributed by atoms with E-state index in [1.54, 1.807) is 21.3 Å². The van der Waals surface area contributed by atoms with E-state index in [0.29, 0.717) is 13.2 Å². The maximum Gasteiger partial charge on any atom is 0.532 e. The molecule has 4 nitrogen and oxygen atoms in total. The molecule has 0 aromatic carbocycles. The van der Waals surface area contributed by atoms with Crippen molar-refractivity contribution in [3.63, 3.8) is 0 Å². The third-order valence-electron chi connectivity index (χ3n) is 3.39. The van der Waals surface area contributed by atoms with Crippen LogP contribution in [0.2, 0.25) is 0 Å². The fraction of sp³-hybridized carbons (Fsp3) is 0.692. The molecule has 1 rings (SSSR count). The van der Waals surface area contributed by atoms with E-state index >= 15 is 0 Å². The number of hydrogen-bond acceptors (Lipinski definition) is 4. The lowest BCUT2D eigenvalue weighted by Crippen LogP contribution is -2.48. The van der Waals surface area contributed by atoms with Gasteiger partial charge in [0.15, 0.2) is 0 Å². The summed E-state index contributed by atoms with van der Waals surface area (Å²) in [7, 11) is 2.16. The van der Waals surface area contributed by atoms with Crippen molar-refractivity contribution < 1.29 is 18.0 Å². The summed E-state index contributed by atoms with van der Waals surface area (Å²) < 4.78 is 22.4. The molecule has 0 bridgehead atoms. The van der Waals surface area contributed by atoms with Crippen molar-refractivity contribution in [2.24, 2.45) is 5.92 Å². The molecule has 0 aromatic rings. The van der Waals surface area contributed by atoms with Gasteiger partial charge in [-0.2, -0.15) is 0 Å². The summed E-state index contributed by atoms with van der Waals surface area (Å²) in [6.45, 7) is 7.53. The average Bonchev–Trinajstić information content (AvgIpc) is 2.83. The second kappa shape index (κ2) is 6.63. The first kappa shape index (κ1) is 15.6. The highest BCUT2D eigenvalue weighted by molar-refractivity contribution is 6.69. The van der Waals surface area contributed by atoms with Gasteiger partial charge in [0.1, 0.15) is 0 Å². The first-order valence-corrected chi connectivity index (χ1v) is 7.84. The zero-order chi connectivity index (χ0) is 13.8. The lowest BCUT2D eigenvalue weighted by molar-refractivity contribution is 0.128. The Labute approximate surface area is 111 Å². The van der Waals surface area contributed by atoms with Gasteiger partial charge in [-0.05, 0) is 26.3 Å². The quantitative estimate of drug-likeness (QED) is 0.568. The summed E-state index contributed by atoms with van der Waals surface area (Å²) in [6, 6.07) is 0. The van der Waals surface area contributed by atoms with Gasteiger partial charge in [0.25, 0.3) is 0 Å². The van der Waals surface area contributed by atoms with E-state index in [-0.39, 0.29) is 5.92 Å². The molecule has 104 valence electrons. The zero-order valence-electron chi connectivity index (χ0n) is 12.2. The molecule has 18 heavy (non-hydrogen) atoms. The van der Waals surface area contributed by atoms with Gasteiger partial charge < -0.3 is 18.0 Å². The van der Waals surface area contributed by atoms with Gasteiger partial charge >= 0.3 is 8.80 Å². The van der Waals surface area contributed by atoms with Crippen LogP contribution in [-0.4, -0.2) is 43.3 Å². The van der Waals surface area contributed by atoms with Crippen LogP contribution in [0.1, 0.15) is 20.8 Å². The van der Waals surface area contributed by atoms with Crippen molar-refractivity contribution >= 4 is 8.80 Å². The molecule has 0 saturated carbocycles. The standard InChI is InChI=1S/C13H24O4Si/c1-7-11-8-17-9-12(11)13(10(2)3)18(14-4,15-5)16-6/h7,12H,8-9H2,1-6H3/b11-7+. The largest absolute Gasteiger partial charge is 0.532 e. The third-order valence-corrected chi connectivity index (χ3v) is 6.52. The Morgan fingerprint density at radius 2 is 1.78 bits per heavy atom. The first-order chi connectivity index (χ1) is 8.56. The van der Waals surface area contributed by atoms with Crippen molar-refractivity contribution in [3.8, 4) is 0 Å². The van der Waals surface area contributed by atoms with Crippen molar-refractivity contribution in [3.05, 3.63) is 22.4 Å². The van der Waals surface area contributed by atoms with Gasteiger partial charge in [-0.1, -0.05) is 11.6 Å². The second-order valence-corrected chi connectivity index (χ2v) is 7.39. The predicted molar refractivity (Wildman–Crippen MR) is 73.2 cm³/mol. The molecule has 5 heteroatoms. The Kier molecular flexibility index (Phi) is 5.74. The van der Waals surface area contributed by atoms with Crippen LogP contribution in [0.4, 0.5) is 0 Å². The van der Waals surface area contributed by atoms with Crippen molar-refractivity contribution in [2.45, 2.75) is 20.8 Å². The minimum atomic E-state index is -2.77. The molecule has 1 aliphatic heterocycles. The summed E-state index contributed by atoms with van der Waals surface area (Å²) >= 11 is 0. The highest BCUT2D eigenvalue weighted by atomic mass is 28.4. The molecule has 0 radical (unpaired) electrons. The smallest absolute Gasteiger partial charge is 0.376 e. The van der Waals surface area contributed by atoms with Crippen LogP contribution in [0, 0.1) is 5.92 Å². The molecule has 0 N–H and O–H groups in total. The van der Waals surface area contributed by atoms with Gasteiger partial charge in [-0.3, -0.25) is 0 Å².